The Bertz CT molecular complexity index is 342. The van der Waals surface area contributed by atoms with Crippen LogP contribution in [0.15, 0.2) is 17.3 Å². The lowest BCUT2D eigenvalue weighted by molar-refractivity contribution is -0.109. The molecule has 0 atom stereocenters. The van der Waals surface area contributed by atoms with Crippen molar-refractivity contribution in [1.29, 1.82) is 0 Å². The van der Waals surface area contributed by atoms with Gasteiger partial charge >= 0.3 is 0 Å². The minimum atomic E-state index is 0.0809. The fraction of sp³-hybridized carbons (Fsp3) is 0.143. The molecule has 0 unspecified atom stereocenters. The predicted octanol–water partition coefficient (Wildman–Crippen LogP) is 1.78. The molecule has 1 aliphatic rings. The fourth-order valence-electron chi connectivity index (χ4n) is 0.946. The molecule has 0 fully saturated rings. The highest BCUT2D eigenvalue weighted by atomic mass is 35.5. The van der Waals surface area contributed by atoms with E-state index in [-0.39, 0.29) is 5.12 Å². The summed E-state index contributed by atoms with van der Waals surface area (Å²) in [4.78, 5) is 15.0. The van der Waals surface area contributed by atoms with Crippen LogP contribution in [-0.2, 0) is 4.79 Å². The number of nitrogens with zero attached hydrogens (tertiary/aromatic N) is 1. The van der Waals surface area contributed by atoms with Crippen LogP contribution >= 0.6 is 23.4 Å². The standard InChI is InChI=1S/C7H5ClN2OS/c8-4-1-5-7(10-2-4)12-6(11)3-9-5/h1-2,9H,3H2. The molecule has 12 heavy (non-hydrogen) atoms. The van der Waals surface area contributed by atoms with Gasteiger partial charge in [-0.1, -0.05) is 11.6 Å². The summed E-state index contributed by atoms with van der Waals surface area (Å²) < 4.78 is 0. The van der Waals surface area contributed by atoms with Gasteiger partial charge in [0.15, 0.2) is 0 Å². The number of halogens is 1. The summed E-state index contributed by atoms with van der Waals surface area (Å²) in [6.45, 7) is 0.347. The lowest BCUT2D eigenvalue weighted by Crippen LogP contribution is -2.16. The quantitative estimate of drug-likeness (QED) is 0.693. The van der Waals surface area contributed by atoms with Crippen molar-refractivity contribution in [3.8, 4) is 0 Å². The third-order valence-corrected chi connectivity index (χ3v) is 2.55. The van der Waals surface area contributed by atoms with Crippen molar-refractivity contribution in [3.63, 3.8) is 0 Å². The van der Waals surface area contributed by atoms with Gasteiger partial charge in [0.25, 0.3) is 0 Å². The van der Waals surface area contributed by atoms with Crippen LogP contribution in [0.1, 0.15) is 0 Å². The number of anilines is 1. The number of thioether (sulfide) groups is 1. The predicted molar refractivity (Wildman–Crippen MR) is 48.6 cm³/mol. The molecule has 0 aliphatic carbocycles. The van der Waals surface area contributed by atoms with Crippen molar-refractivity contribution in [2.24, 2.45) is 0 Å². The molecule has 2 rings (SSSR count). The van der Waals surface area contributed by atoms with E-state index in [0.717, 1.165) is 17.4 Å². The van der Waals surface area contributed by atoms with E-state index in [2.05, 4.69) is 10.3 Å². The van der Waals surface area contributed by atoms with Crippen LogP contribution in [0.5, 0.6) is 0 Å². The zero-order chi connectivity index (χ0) is 8.55. The molecule has 0 bridgehead atoms. The fourth-order valence-corrected chi connectivity index (χ4v) is 1.81. The molecule has 0 saturated carbocycles. The molecule has 0 saturated heterocycles. The number of rotatable bonds is 0. The first-order chi connectivity index (χ1) is 5.75. The molecule has 0 radical (unpaired) electrons. The summed E-state index contributed by atoms with van der Waals surface area (Å²) in [6.07, 6.45) is 1.54. The number of nitrogens with one attached hydrogen (secondary N) is 1. The second-order valence-corrected chi connectivity index (χ2v) is 3.82. The number of fused-ring (bicyclic) bond motifs is 1. The number of aromatic nitrogens is 1. The Kier molecular flexibility index (Phi) is 1.94. The minimum absolute atomic E-state index is 0.0809. The Hall–Kier alpha value is -0.740. The Morgan fingerprint density at radius 1 is 1.67 bits per heavy atom. The van der Waals surface area contributed by atoms with E-state index < -0.39 is 0 Å². The van der Waals surface area contributed by atoms with Crippen molar-refractivity contribution >= 4 is 34.2 Å². The summed E-state index contributed by atoms with van der Waals surface area (Å²) in [6, 6.07) is 1.77. The van der Waals surface area contributed by atoms with Gasteiger partial charge in [-0.15, -0.1) is 0 Å². The molecule has 0 amide bonds. The van der Waals surface area contributed by atoms with E-state index in [1.54, 1.807) is 6.07 Å². The SMILES string of the molecule is O=C1CNc2cc(Cl)cnc2S1. The molecular formula is C7H5ClN2OS. The lowest BCUT2D eigenvalue weighted by atomic mass is 10.4. The molecular weight excluding hydrogens is 196 g/mol. The Morgan fingerprint density at radius 2 is 2.50 bits per heavy atom. The van der Waals surface area contributed by atoms with Crippen LogP contribution in [0, 0.1) is 0 Å². The summed E-state index contributed by atoms with van der Waals surface area (Å²) in [7, 11) is 0. The van der Waals surface area contributed by atoms with Gasteiger partial charge in [-0.25, -0.2) is 4.98 Å². The van der Waals surface area contributed by atoms with Crippen LogP contribution in [-0.4, -0.2) is 16.6 Å². The van der Waals surface area contributed by atoms with Gasteiger partial charge in [-0.05, 0) is 17.8 Å². The first-order valence-corrected chi connectivity index (χ1v) is 4.55. The van der Waals surface area contributed by atoms with E-state index in [0.29, 0.717) is 16.6 Å². The normalized spacial score (nSPS) is 15.2. The van der Waals surface area contributed by atoms with E-state index >= 15 is 0 Å². The smallest absolute Gasteiger partial charge is 0.214 e. The van der Waals surface area contributed by atoms with E-state index in [9.17, 15) is 4.79 Å². The first kappa shape index (κ1) is 7.89. The van der Waals surface area contributed by atoms with Crippen molar-refractivity contribution in [2.75, 3.05) is 11.9 Å². The van der Waals surface area contributed by atoms with Gasteiger partial charge < -0.3 is 5.32 Å². The molecule has 1 N–H and O–H groups in total. The maximum Gasteiger partial charge on any atom is 0.214 e. The van der Waals surface area contributed by atoms with Crippen LogP contribution < -0.4 is 5.32 Å². The highest BCUT2D eigenvalue weighted by Crippen LogP contribution is 2.30. The Labute approximate surface area is 78.5 Å². The second kappa shape index (κ2) is 2.95. The van der Waals surface area contributed by atoms with Crippen LogP contribution in [0.2, 0.25) is 5.02 Å². The molecule has 1 aromatic rings. The molecule has 5 heteroatoms. The van der Waals surface area contributed by atoms with Crippen molar-refractivity contribution in [3.05, 3.63) is 17.3 Å². The molecule has 2 heterocycles. The van der Waals surface area contributed by atoms with E-state index in [1.165, 1.54) is 6.20 Å². The maximum absolute atomic E-state index is 10.9. The highest BCUT2D eigenvalue weighted by Gasteiger charge is 2.16. The molecule has 1 aliphatic heterocycles. The van der Waals surface area contributed by atoms with Gasteiger partial charge in [0.2, 0.25) is 5.12 Å². The van der Waals surface area contributed by atoms with Gasteiger partial charge in [-0.2, -0.15) is 0 Å². The van der Waals surface area contributed by atoms with Crippen molar-refractivity contribution in [2.45, 2.75) is 5.03 Å². The topological polar surface area (TPSA) is 42.0 Å². The molecule has 1 aromatic heterocycles. The number of hydrogen-bond acceptors (Lipinski definition) is 4. The zero-order valence-corrected chi connectivity index (χ0v) is 7.58. The minimum Gasteiger partial charge on any atom is -0.375 e. The summed E-state index contributed by atoms with van der Waals surface area (Å²) in [5.74, 6) is 0. The largest absolute Gasteiger partial charge is 0.375 e. The average Bonchev–Trinajstić information content (AvgIpc) is 2.05. The highest BCUT2D eigenvalue weighted by molar-refractivity contribution is 8.13. The van der Waals surface area contributed by atoms with Gasteiger partial charge in [0.1, 0.15) is 5.03 Å². The zero-order valence-electron chi connectivity index (χ0n) is 6.00. The molecule has 3 nitrogen and oxygen atoms in total. The summed E-state index contributed by atoms with van der Waals surface area (Å²) in [5, 5.41) is 4.30. The summed E-state index contributed by atoms with van der Waals surface area (Å²) >= 11 is 6.87. The third kappa shape index (κ3) is 1.40. The number of pyridine rings is 1. The Balaban J connectivity index is 2.43. The van der Waals surface area contributed by atoms with Crippen LogP contribution in [0.3, 0.4) is 0 Å². The van der Waals surface area contributed by atoms with Crippen LogP contribution in [0.25, 0.3) is 0 Å². The van der Waals surface area contributed by atoms with Crippen molar-refractivity contribution < 1.29 is 4.79 Å². The third-order valence-electron chi connectivity index (χ3n) is 1.45. The monoisotopic (exact) mass is 200 g/mol. The average molecular weight is 201 g/mol. The molecule has 0 aromatic carbocycles. The van der Waals surface area contributed by atoms with E-state index in [4.69, 9.17) is 11.6 Å². The molecule has 0 spiro atoms. The molecule has 62 valence electrons. The summed E-state index contributed by atoms with van der Waals surface area (Å²) in [5.41, 5.74) is 0.840. The van der Waals surface area contributed by atoms with Gasteiger partial charge in [0, 0.05) is 6.20 Å². The van der Waals surface area contributed by atoms with Crippen molar-refractivity contribution in [1.82, 2.24) is 4.98 Å². The maximum atomic E-state index is 10.9. The Morgan fingerprint density at radius 3 is 3.33 bits per heavy atom. The number of hydrogen-bond donors (Lipinski definition) is 1. The van der Waals surface area contributed by atoms with Crippen LogP contribution in [0.4, 0.5) is 5.69 Å². The van der Waals surface area contributed by atoms with E-state index in [1.807, 2.05) is 0 Å². The second-order valence-electron chi connectivity index (χ2n) is 2.33. The first-order valence-electron chi connectivity index (χ1n) is 3.36. The number of carbonyl (C=O) groups excluding carboxylic acids is 1. The van der Waals surface area contributed by atoms with Gasteiger partial charge in [0.05, 0.1) is 17.3 Å². The number of carbonyl (C=O) groups is 1. The lowest BCUT2D eigenvalue weighted by Gasteiger charge is -2.14. The van der Waals surface area contributed by atoms with Gasteiger partial charge in [-0.3, -0.25) is 4.79 Å².